The number of fused-ring (bicyclic) bond motifs is 1. The van der Waals surface area contributed by atoms with Crippen LogP contribution in [-0.4, -0.2) is 33.4 Å². The number of halogens is 1. The van der Waals surface area contributed by atoms with Crippen LogP contribution in [0.5, 0.6) is 0 Å². The van der Waals surface area contributed by atoms with Gasteiger partial charge >= 0.3 is 0 Å². The molecular weight excluding hydrogens is 358 g/mol. The zero-order valence-corrected chi connectivity index (χ0v) is 16.7. The molecule has 1 amide bonds. The van der Waals surface area contributed by atoms with E-state index in [4.69, 9.17) is 16.6 Å². The van der Waals surface area contributed by atoms with Crippen molar-refractivity contribution < 1.29 is 4.79 Å². The van der Waals surface area contributed by atoms with Gasteiger partial charge in [0.2, 0.25) is 5.91 Å². The molecular formula is C22H26ClN3O. The van der Waals surface area contributed by atoms with E-state index in [1.54, 1.807) is 0 Å². The first-order chi connectivity index (χ1) is 13.1. The molecule has 2 aromatic carbocycles. The van der Waals surface area contributed by atoms with Crippen LogP contribution in [0, 0.1) is 0 Å². The Hall–Kier alpha value is -2.33. The molecule has 0 atom stereocenters. The summed E-state index contributed by atoms with van der Waals surface area (Å²) in [7, 11) is 0. The summed E-state index contributed by atoms with van der Waals surface area (Å²) < 4.78 is 2.06. The van der Waals surface area contributed by atoms with Gasteiger partial charge in [-0.3, -0.25) is 4.79 Å². The first-order valence-corrected chi connectivity index (χ1v) is 9.96. The Bertz CT molecular complexity index is 896. The largest absolute Gasteiger partial charge is 0.341 e. The Morgan fingerprint density at radius 3 is 2.37 bits per heavy atom. The lowest BCUT2D eigenvalue weighted by Crippen LogP contribution is -2.35. The highest BCUT2D eigenvalue weighted by Gasteiger charge is 2.17. The third kappa shape index (κ3) is 4.69. The van der Waals surface area contributed by atoms with Crippen LogP contribution in [0.1, 0.15) is 38.1 Å². The first kappa shape index (κ1) is 19.4. The number of benzene rings is 2. The monoisotopic (exact) mass is 383 g/mol. The van der Waals surface area contributed by atoms with Crippen molar-refractivity contribution in [3.8, 4) is 0 Å². The number of aromatic nitrogens is 2. The van der Waals surface area contributed by atoms with E-state index < -0.39 is 0 Å². The number of amides is 1. The van der Waals surface area contributed by atoms with Crippen LogP contribution in [0.4, 0.5) is 0 Å². The molecule has 0 bridgehead atoms. The van der Waals surface area contributed by atoms with E-state index in [-0.39, 0.29) is 5.91 Å². The summed E-state index contributed by atoms with van der Waals surface area (Å²) in [5.74, 6) is 1.05. The smallest absolute Gasteiger partial charge is 0.242 e. The van der Waals surface area contributed by atoms with E-state index in [2.05, 4.69) is 18.4 Å². The Morgan fingerprint density at radius 1 is 1.04 bits per heavy atom. The van der Waals surface area contributed by atoms with Gasteiger partial charge in [-0.25, -0.2) is 4.98 Å². The van der Waals surface area contributed by atoms with Gasteiger partial charge in [-0.2, -0.15) is 0 Å². The number of nitrogens with zero attached hydrogens (tertiary/aromatic N) is 3. The maximum atomic E-state index is 12.9. The molecule has 3 rings (SSSR count). The van der Waals surface area contributed by atoms with Gasteiger partial charge in [0.1, 0.15) is 12.4 Å². The maximum absolute atomic E-state index is 12.9. The van der Waals surface area contributed by atoms with Gasteiger partial charge in [0.15, 0.2) is 0 Å². The fourth-order valence-electron chi connectivity index (χ4n) is 3.36. The summed E-state index contributed by atoms with van der Waals surface area (Å²) in [5, 5.41) is 0.720. The number of hydrogen-bond acceptors (Lipinski definition) is 2. The Kier molecular flexibility index (Phi) is 6.51. The lowest BCUT2D eigenvalue weighted by atomic mass is 10.1. The van der Waals surface area contributed by atoms with Crippen LogP contribution < -0.4 is 0 Å². The molecule has 0 fully saturated rings. The Balaban J connectivity index is 1.92. The molecule has 0 N–H and O–H groups in total. The van der Waals surface area contributed by atoms with E-state index in [0.29, 0.717) is 13.0 Å². The second-order valence-corrected chi connectivity index (χ2v) is 7.22. The van der Waals surface area contributed by atoms with Crippen molar-refractivity contribution in [2.45, 2.75) is 39.7 Å². The topological polar surface area (TPSA) is 38.1 Å². The lowest BCUT2D eigenvalue weighted by Gasteiger charge is -2.22. The molecule has 0 saturated heterocycles. The van der Waals surface area contributed by atoms with Gasteiger partial charge in [-0.1, -0.05) is 49.7 Å². The minimum Gasteiger partial charge on any atom is -0.341 e. The molecule has 0 spiro atoms. The van der Waals surface area contributed by atoms with Gasteiger partial charge < -0.3 is 9.47 Å². The fraction of sp³-hybridized carbons (Fsp3) is 0.364. The van der Waals surface area contributed by atoms with Gasteiger partial charge in [-0.15, -0.1) is 0 Å². The van der Waals surface area contributed by atoms with Gasteiger partial charge in [0.05, 0.1) is 11.0 Å². The summed E-state index contributed by atoms with van der Waals surface area (Å²) >= 11 is 6.00. The molecule has 0 aliphatic rings. The van der Waals surface area contributed by atoms with Gasteiger partial charge in [-0.05, 0) is 42.7 Å². The molecule has 0 aliphatic heterocycles. The van der Waals surface area contributed by atoms with Crippen LogP contribution in [0.15, 0.2) is 48.5 Å². The highest BCUT2D eigenvalue weighted by molar-refractivity contribution is 6.30. The van der Waals surface area contributed by atoms with E-state index >= 15 is 0 Å². The minimum atomic E-state index is 0.152. The van der Waals surface area contributed by atoms with E-state index in [0.717, 1.165) is 53.4 Å². The third-order valence-corrected chi connectivity index (χ3v) is 4.89. The van der Waals surface area contributed by atoms with Crippen molar-refractivity contribution in [3.05, 3.63) is 64.9 Å². The highest BCUT2D eigenvalue weighted by atomic mass is 35.5. The SMILES string of the molecule is CCCN(CCC)C(=O)Cn1c(Cc2ccc(Cl)cc2)nc2ccccc21. The third-order valence-electron chi connectivity index (χ3n) is 4.64. The first-order valence-electron chi connectivity index (χ1n) is 9.58. The highest BCUT2D eigenvalue weighted by Crippen LogP contribution is 2.20. The van der Waals surface area contributed by atoms with E-state index in [1.165, 1.54) is 0 Å². The predicted molar refractivity (Wildman–Crippen MR) is 111 cm³/mol. The summed E-state index contributed by atoms with van der Waals surface area (Å²) in [6.45, 7) is 6.13. The van der Waals surface area contributed by atoms with Crippen molar-refractivity contribution in [2.75, 3.05) is 13.1 Å². The van der Waals surface area contributed by atoms with Crippen LogP contribution in [0.3, 0.4) is 0 Å². The molecule has 142 valence electrons. The summed E-state index contributed by atoms with van der Waals surface area (Å²) in [4.78, 5) is 19.7. The van der Waals surface area contributed by atoms with Crippen molar-refractivity contribution >= 4 is 28.5 Å². The van der Waals surface area contributed by atoms with Crippen LogP contribution in [0.25, 0.3) is 11.0 Å². The summed E-state index contributed by atoms with van der Waals surface area (Å²) in [6.07, 6.45) is 2.60. The standard InChI is InChI=1S/C22H26ClN3O/c1-3-13-25(14-4-2)22(27)16-26-20-8-6-5-7-19(20)24-21(26)15-17-9-11-18(23)12-10-17/h5-12H,3-4,13-16H2,1-2H3. The quantitative estimate of drug-likeness (QED) is 0.553. The average molecular weight is 384 g/mol. The lowest BCUT2D eigenvalue weighted by molar-refractivity contribution is -0.131. The Labute approximate surface area is 165 Å². The van der Waals surface area contributed by atoms with Gasteiger partial charge in [0.25, 0.3) is 0 Å². The Morgan fingerprint density at radius 2 is 1.70 bits per heavy atom. The number of para-hydroxylation sites is 2. The second-order valence-electron chi connectivity index (χ2n) is 6.79. The molecule has 5 heteroatoms. The molecule has 27 heavy (non-hydrogen) atoms. The van der Waals surface area contributed by atoms with Crippen LogP contribution in [0.2, 0.25) is 5.02 Å². The van der Waals surface area contributed by atoms with E-state index in [1.807, 2.05) is 53.4 Å². The minimum absolute atomic E-state index is 0.152. The molecule has 0 radical (unpaired) electrons. The number of carbonyl (C=O) groups is 1. The van der Waals surface area contributed by atoms with Crippen LogP contribution in [-0.2, 0) is 17.8 Å². The molecule has 0 unspecified atom stereocenters. The number of imidazole rings is 1. The molecule has 1 heterocycles. The molecule has 0 aliphatic carbocycles. The summed E-state index contributed by atoms with van der Waals surface area (Å²) in [6, 6.07) is 15.8. The zero-order chi connectivity index (χ0) is 19.2. The maximum Gasteiger partial charge on any atom is 0.242 e. The number of hydrogen-bond donors (Lipinski definition) is 0. The van der Waals surface area contributed by atoms with Crippen LogP contribution >= 0.6 is 11.6 Å². The summed E-state index contributed by atoms with van der Waals surface area (Å²) in [5.41, 5.74) is 3.05. The van der Waals surface area contributed by atoms with Crippen molar-refractivity contribution in [1.29, 1.82) is 0 Å². The van der Waals surface area contributed by atoms with Crippen molar-refractivity contribution in [1.82, 2.24) is 14.5 Å². The zero-order valence-electron chi connectivity index (χ0n) is 16.0. The number of rotatable bonds is 8. The molecule has 1 aromatic heterocycles. The fourth-order valence-corrected chi connectivity index (χ4v) is 3.48. The average Bonchev–Trinajstić information content (AvgIpc) is 3.00. The second kappa shape index (κ2) is 9.05. The van der Waals surface area contributed by atoms with Crippen molar-refractivity contribution in [2.24, 2.45) is 0 Å². The predicted octanol–water partition coefficient (Wildman–Crippen LogP) is 4.93. The van der Waals surface area contributed by atoms with Gasteiger partial charge in [0, 0.05) is 24.5 Å². The number of carbonyl (C=O) groups excluding carboxylic acids is 1. The molecule has 0 saturated carbocycles. The molecule has 3 aromatic rings. The van der Waals surface area contributed by atoms with E-state index in [9.17, 15) is 4.79 Å². The normalized spacial score (nSPS) is 11.1. The van der Waals surface area contributed by atoms with Crippen molar-refractivity contribution in [3.63, 3.8) is 0 Å². The molecule has 4 nitrogen and oxygen atoms in total.